The summed E-state index contributed by atoms with van der Waals surface area (Å²) in [5.74, 6) is -0.737. The lowest BCUT2D eigenvalue weighted by atomic mass is 10.1. The minimum absolute atomic E-state index is 0.204. The number of benzene rings is 2. The van der Waals surface area contributed by atoms with Gasteiger partial charge in [-0.05, 0) is 51.0 Å². The molecule has 0 fully saturated rings. The van der Waals surface area contributed by atoms with Crippen LogP contribution in [0.1, 0.15) is 30.5 Å². The molecule has 7 nitrogen and oxygen atoms in total. The van der Waals surface area contributed by atoms with E-state index in [1.807, 2.05) is 38.1 Å². The normalized spacial score (nSPS) is 12.2. The van der Waals surface area contributed by atoms with Gasteiger partial charge in [0.05, 0.1) is 11.9 Å². The molecule has 0 bridgehead atoms. The summed E-state index contributed by atoms with van der Waals surface area (Å²) < 4.78 is 26.0. The van der Waals surface area contributed by atoms with Crippen LogP contribution < -0.4 is 9.62 Å². The van der Waals surface area contributed by atoms with Gasteiger partial charge in [-0.3, -0.25) is 13.9 Å². The van der Waals surface area contributed by atoms with Gasteiger partial charge in [0, 0.05) is 13.1 Å². The van der Waals surface area contributed by atoms with E-state index in [0.29, 0.717) is 12.2 Å². The Morgan fingerprint density at radius 3 is 2.19 bits per heavy atom. The number of nitrogens with zero attached hydrogens (tertiary/aromatic N) is 2. The van der Waals surface area contributed by atoms with Crippen molar-refractivity contribution in [2.24, 2.45) is 0 Å². The zero-order valence-corrected chi connectivity index (χ0v) is 19.6. The van der Waals surface area contributed by atoms with Gasteiger partial charge in [-0.15, -0.1) is 0 Å². The molecular weight excluding hydrogens is 414 g/mol. The molecule has 8 heteroatoms. The molecule has 0 aromatic heterocycles. The average Bonchev–Trinajstić information content (AvgIpc) is 2.71. The topological polar surface area (TPSA) is 86.8 Å². The number of hydrogen-bond acceptors (Lipinski definition) is 4. The highest BCUT2D eigenvalue weighted by Gasteiger charge is 2.30. The number of anilines is 1. The molecule has 1 unspecified atom stereocenters. The molecule has 0 saturated heterocycles. The first-order valence-corrected chi connectivity index (χ1v) is 12.1. The van der Waals surface area contributed by atoms with Crippen molar-refractivity contribution < 1.29 is 18.0 Å². The van der Waals surface area contributed by atoms with Gasteiger partial charge < -0.3 is 10.2 Å². The summed E-state index contributed by atoms with van der Waals surface area (Å²) in [4.78, 5) is 27.3. The predicted octanol–water partition coefficient (Wildman–Crippen LogP) is 2.62. The van der Waals surface area contributed by atoms with E-state index < -0.39 is 28.5 Å². The van der Waals surface area contributed by atoms with Gasteiger partial charge in [0.1, 0.15) is 12.6 Å². The molecule has 1 atom stereocenters. The van der Waals surface area contributed by atoms with Crippen LogP contribution in [0.2, 0.25) is 0 Å². The number of nitrogens with one attached hydrogen (secondary N) is 1. The van der Waals surface area contributed by atoms with Gasteiger partial charge in [0.15, 0.2) is 0 Å². The second-order valence-corrected chi connectivity index (χ2v) is 9.53. The van der Waals surface area contributed by atoms with Crippen LogP contribution in [0.25, 0.3) is 0 Å². The Hall–Kier alpha value is -2.87. The van der Waals surface area contributed by atoms with E-state index in [9.17, 15) is 18.0 Å². The van der Waals surface area contributed by atoms with Crippen molar-refractivity contribution in [1.82, 2.24) is 10.2 Å². The number of rotatable bonds is 9. The van der Waals surface area contributed by atoms with Gasteiger partial charge >= 0.3 is 0 Å². The molecule has 0 spiro atoms. The summed E-state index contributed by atoms with van der Waals surface area (Å²) in [6.45, 7) is 7.54. The molecular formula is C23H31N3O4S. The molecule has 2 aromatic rings. The maximum atomic E-state index is 13.3. The van der Waals surface area contributed by atoms with Crippen LogP contribution in [0.3, 0.4) is 0 Å². The van der Waals surface area contributed by atoms with Crippen LogP contribution in [-0.4, -0.2) is 50.5 Å². The molecule has 0 aliphatic rings. The number of carbonyl (C=O) groups excluding carboxylic acids is 2. The zero-order valence-electron chi connectivity index (χ0n) is 18.8. The van der Waals surface area contributed by atoms with Crippen molar-refractivity contribution in [3.63, 3.8) is 0 Å². The molecule has 0 aliphatic heterocycles. The van der Waals surface area contributed by atoms with Gasteiger partial charge in [-0.1, -0.05) is 42.0 Å². The minimum Gasteiger partial charge on any atom is -0.355 e. The molecule has 0 radical (unpaired) electrons. The van der Waals surface area contributed by atoms with Crippen LogP contribution in [0.15, 0.2) is 48.5 Å². The fourth-order valence-corrected chi connectivity index (χ4v) is 4.05. The SMILES string of the molecule is CCNC(=O)C(C)N(Cc1ccccc1C)C(=O)CN(c1ccc(C)cc1)S(C)(=O)=O. The standard InChI is InChI=1S/C23H31N3O4S/c1-6-24-23(28)19(4)25(15-20-10-8-7-9-18(20)3)22(27)16-26(31(5,29)30)21-13-11-17(2)12-14-21/h7-14,19H,6,15-16H2,1-5H3,(H,24,28). The monoisotopic (exact) mass is 445 g/mol. The lowest BCUT2D eigenvalue weighted by Crippen LogP contribution is -2.51. The molecule has 1 N–H and O–H groups in total. The second kappa shape index (κ2) is 10.4. The van der Waals surface area contributed by atoms with E-state index >= 15 is 0 Å². The molecule has 31 heavy (non-hydrogen) atoms. The summed E-state index contributed by atoms with van der Waals surface area (Å²) in [7, 11) is -3.71. The van der Waals surface area contributed by atoms with Gasteiger partial charge in [-0.2, -0.15) is 0 Å². The highest BCUT2D eigenvalue weighted by molar-refractivity contribution is 7.92. The van der Waals surface area contributed by atoms with Crippen molar-refractivity contribution >= 4 is 27.5 Å². The fourth-order valence-electron chi connectivity index (χ4n) is 3.20. The quantitative estimate of drug-likeness (QED) is 0.643. The predicted molar refractivity (Wildman–Crippen MR) is 123 cm³/mol. The first-order chi connectivity index (χ1) is 14.5. The first kappa shape index (κ1) is 24.4. The Labute approximate surface area is 185 Å². The number of likely N-dealkylation sites (N-methyl/N-ethyl adjacent to an activating group) is 1. The minimum atomic E-state index is -3.71. The Morgan fingerprint density at radius 1 is 1.03 bits per heavy atom. The molecule has 168 valence electrons. The summed E-state index contributed by atoms with van der Waals surface area (Å²) in [5.41, 5.74) is 3.27. The van der Waals surface area contributed by atoms with Gasteiger partial charge in [0.25, 0.3) is 0 Å². The molecule has 2 amide bonds. The van der Waals surface area contributed by atoms with Gasteiger partial charge in [0.2, 0.25) is 21.8 Å². The van der Waals surface area contributed by atoms with E-state index in [1.165, 1.54) is 4.90 Å². The van der Waals surface area contributed by atoms with E-state index in [1.54, 1.807) is 38.1 Å². The van der Waals surface area contributed by atoms with Crippen LogP contribution >= 0.6 is 0 Å². The largest absolute Gasteiger partial charge is 0.355 e. The highest BCUT2D eigenvalue weighted by atomic mass is 32.2. The third kappa shape index (κ3) is 6.55. The number of carbonyl (C=O) groups is 2. The van der Waals surface area contributed by atoms with Crippen LogP contribution in [-0.2, 0) is 26.2 Å². The number of hydrogen-bond donors (Lipinski definition) is 1. The van der Waals surface area contributed by atoms with E-state index in [4.69, 9.17) is 0 Å². The summed E-state index contributed by atoms with van der Waals surface area (Å²) in [5, 5.41) is 2.74. The van der Waals surface area contributed by atoms with E-state index in [-0.39, 0.29) is 12.5 Å². The van der Waals surface area contributed by atoms with E-state index in [2.05, 4.69) is 5.32 Å². The third-order valence-electron chi connectivity index (χ3n) is 5.12. The number of aryl methyl sites for hydroxylation is 2. The molecule has 0 aliphatic carbocycles. The summed E-state index contributed by atoms with van der Waals surface area (Å²) in [6.07, 6.45) is 1.07. The van der Waals surface area contributed by atoms with Crippen molar-refractivity contribution in [3.8, 4) is 0 Å². The van der Waals surface area contributed by atoms with Crippen molar-refractivity contribution in [1.29, 1.82) is 0 Å². The van der Waals surface area contributed by atoms with Gasteiger partial charge in [-0.25, -0.2) is 8.42 Å². The molecule has 0 heterocycles. The van der Waals surface area contributed by atoms with Crippen molar-refractivity contribution in [2.45, 2.75) is 40.3 Å². The maximum absolute atomic E-state index is 13.3. The van der Waals surface area contributed by atoms with Crippen LogP contribution in [0.4, 0.5) is 5.69 Å². The fraction of sp³-hybridized carbons (Fsp3) is 0.391. The first-order valence-electron chi connectivity index (χ1n) is 10.2. The maximum Gasteiger partial charge on any atom is 0.244 e. The lowest BCUT2D eigenvalue weighted by molar-refractivity contribution is -0.139. The second-order valence-electron chi connectivity index (χ2n) is 7.62. The Morgan fingerprint density at radius 2 is 1.65 bits per heavy atom. The zero-order chi connectivity index (χ0) is 23.2. The third-order valence-corrected chi connectivity index (χ3v) is 6.26. The van der Waals surface area contributed by atoms with Crippen molar-refractivity contribution in [3.05, 3.63) is 65.2 Å². The molecule has 0 saturated carbocycles. The van der Waals surface area contributed by atoms with Crippen LogP contribution in [0.5, 0.6) is 0 Å². The Balaban J connectivity index is 2.38. The number of sulfonamides is 1. The lowest BCUT2D eigenvalue weighted by Gasteiger charge is -2.31. The smallest absolute Gasteiger partial charge is 0.244 e. The average molecular weight is 446 g/mol. The number of amides is 2. The Bertz CT molecular complexity index is 1020. The summed E-state index contributed by atoms with van der Waals surface area (Å²) >= 11 is 0. The molecule has 2 aromatic carbocycles. The van der Waals surface area contributed by atoms with Crippen LogP contribution in [0, 0.1) is 13.8 Å². The Kier molecular flexibility index (Phi) is 8.21. The van der Waals surface area contributed by atoms with E-state index in [0.717, 1.165) is 27.3 Å². The summed E-state index contributed by atoms with van der Waals surface area (Å²) in [6, 6.07) is 13.8. The highest BCUT2D eigenvalue weighted by Crippen LogP contribution is 2.20. The van der Waals surface area contributed by atoms with Crippen molar-refractivity contribution in [2.75, 3.05) is 23.7 Å². The molecule has 2 rings (SSSR count).